The molecule has 4 aromatic rings. The lowest BCUT2D eigenvalue weighted by Gasteiger charge is -2.06. The van der Waals surface area contributed by atoms with Crippen LogP contribution in [0.2, 0.25) is 0 Å². The molecule has 0 unspecified atom stereocenters. The summed E-state index contributed by atoms with van der Waals surface area (Å²) in [4.78, 5) is 12.4. The lowest BCUT2D eigenvalue weighted by Crippen LogP contribution is -1.94. The summed E-state index contributed by atoms with van der Waals surface area (Å²) in [5.74, 6) is 1.54. The third-order valence-corrected chi connectivity index (χ3v) is 4.32. The van der Waals surface area contributed by atoms with Gasteiger partial charge in [0.1, 0.15) is 17.2 Å². The minimum Gasteiger partial charge on any atom is -0.338 e. The molecule has 0 radical (unpaired) electrons. The van der Waals surface area contributed by atoms with Crippen LogP contribution in [0.5, 0.6) is 0 Å². The molecule has 0 atom stereocenters. The molecule has 2 N–H and O–H groups in total. The maximum atomic E-state index is 13.4. The number of aromatic amines is 1. The molecule has 0 bridgehead atoms. The van der Waals surface area contributed by atoms with Crippen LogP contribution in [0, 0.1) is 5.82 Å². The van der Waals surface area contributed by atoms with Crippen LogP contribution in [-0.4, -0.2) is 15.0 Å². The molecule has 2 aromatic heterocycles. The van der Waals surface area contributed by atoms with Crippen LogP contribution in [-0.2, 0) is 0 Å². The third kappa shape index (κ3) is 3.16. The predicted octanol–water partition coefficient (Wildman–Crippen LogP) is 5.63. The van der Waals surface area contributed by atoms with Gasteiger partial charge in [0.25, 0.3) is 0 Å². The van der Waals surface area contributed by atoms with E-state index in [0.717, 1.165) is 22.4 Å². The van der Waals surface area contributed by atoms with Crippen molar-refractivity contribution in [2.45, 2.75) is 19.8 Å². The van der Waals surface area contributed by atoms with Crippen LogP contribution in [0.15, 0.2) is 60.8 Å². The van der Waals surface area contributed by atoms with E-state index in [1.807, 2.05) is 18.2 Å². The Balaban J connectivity index is 1.75. The minimum atomic E-state index is -0.296. The zero-order chi connectivity index (χ0) is 18.1. The van der Waals surface area contributed by atoms with Crippen LogP contribution < -0.4 is 5.32 Å². The fourth-order valence-electron chi connectivity index (χ4n) is 2.91. The molecule has 0 amide bonds. The summed E-state index contributed by atoms with van der Waals surface area (Å²) in [5, 5.41) is 3.15. The lowest BCUT2D eigenvalue weighted by atomic mass is 10.0. The van der Waals surface area contributed by atoms with Gasteiger partial charge in [-0.2, -0.15) is 0 Å². The molecule has 2 aromatic carbocycles. The molecule has 4 nitrogen and oxygen atoms in total. The largest absolute Gasteiger partial charge is 0.338 e. The maximum Gasteiger partial charge on any atom is 0.158 e. The Labute approximate surface area is 151 Å². The van der Waals surface area contributed by atoms with Gasteiger partial charge in [-0.05, 0) is 41.8 Å². The number of aromatic nitrogens is 3. The van der Waals surface area contributed by atoms with Crippen molar-refractivity contribution in [2.75, 3.05) is 5.32 Å². The van der Waals surface area contributed by atoms with Gasteiger partial charge in [-0.15, -0.1) is 0 Å². The van der Waals surface area contributed by atoms with Crippen LogP contribution in [0.25, 0.3) is 22.4 Å². The summed E-state index contributed by atoms with van der Waals surface area (Å²) in [6.45, 7) is 4.34. The first-order valence-corrected chi connectivity index (χ1v) is 8.58. The monoisotopic (exact) mass is 346 g/mol. The second kappa shape index (κ2) is 6.59. The highest BCUT2D eigenvalue weighted by Gasteiger charge is 2.11. The molecule has 0 aliphatic carbocycles. The highest BCUT2D eigenvalue weighted by molar-refractivity contribution is 5.89. The van der Waals surface area contributed by atoms with E-state index in [1.165, 1.54) is 17.7 Å². The number of hydrogen-bond donors (Lipinski definition) is 2. The third-order valence-electron chi connectivity index (χ3n) is 4.32. The van der Waals surface area contributed by atoms with Gasteiger partial charge in [-0.25, -0.2) is 14.4 Å². The van der Waals surface area contributed by atoms with E-state index >= 15 is 0 Å². The Hall–Kier alpha value is -3.21. The number of halogens is 1. The van der Waals surface area contributed by atoms with Crippen molar-refractivity contribution in [3.8, 4) is 11.4 Å². The zero-order valence-corrected chi connectivity index (χ0v) is 14.6. The van der Waals surface area contributed by atoms with E-state index < -0.39 is 0 Å². The number of nitrogens with one attached hydrogen (secondary N) is 2. The second-order valence-electron chi connectivity index (χ2n) is 6.56. The smallest absolute Gasteiger partial charge is 0.158 e. The highest BCUT2D eigenvalue weighted by atomic mass is 19.1. The van der Waals surface area contributed by atoms with Gasteiger partial charge in [0.15, 0.2) is 5.82 Å². The molecule has 0 aliphatic rings. The van der Waals surface area contributed by atoms with E-state index in [9.17, 15) is 4.39 Å². The quantitative estimate of drug-likeness (QED) is 0.503. The highest BCUT2D eigenvalue weighted by Crippen LogP contribution is 2.28. The van der Waals surface area contributed by atoms with E-state index in [0.29, 0.717) is 17.4 Å². The predicted molar refractivity (Wildman–Crippen MR) is 103 cm³/mol. The van der Waals surface area contributed by atoms with Crippen LogP contribution in [0.4, 0.5) is 15.9 Å². The first kappa shape index (κ1) is 16.3. The van der Waals surface area contributed by atoms with Gasteiger partial charge < -0.3 is 10.3 Å². The fourth-order valence-corrected chi connectivity index (χ4v) is 2.91. The van der Waals surface area contributed by atoms with Gasteiger partial charge in [-0.3, -0.25) is 0 Å². The van der Waals surface area contributed by atoms with Crippen molar-refractivity contribution in [3.05, 3.63) is 72.2 Å². The summed E-state index contributed by atoms with van der Waals surface area (Å²) >= 11 is 0. The molecule has 0 spiro atoms. The molecule has 0 fully saturated rings. The number of anilines is 2. The Morgan fingerprint density at radius 2 is 1.88 bits per heavy atom. The average Bonchev–Trinajstić information content (AvgIpc) is 3.07. The van der Waals surface area contributed by atoms with Crippen molar-refractivity contribution in [1.29, 1.82) is 0 Å². The van der Waals surface area contributed by atoms with Crippen molar-refractivity contribution < 1.29 is 4.39 Å². The topological polar surface area (TPSA) is 53.6 Å². The van der Waals surface area contributed by atoms with Crippen LogP contribution in [0.1, 0.15) is 25.3 Å². The summed E-state index contributed by atoms with van der Waals surface area (Å²) in [7, 11) is 0. The number of fused-ring (bicyclic) bond motifs is 1. The number of benzene rings is 2. The van der Waals surface area contributed by atoms with Crippen LogP contribution in [0.3, 0.4) is 0 Å². The standard InChI is InChI=1S/C21H19FN4/c1-13(2)14-5-3-6-15(11-14)20-25-18-9-10-23-21(19(18)26-20)24-17-8-4-7-16(22)12-17/h3-13H,1-2H3,(H,23,24)(H,25,26). The first-order chi connectivity index (χ1) is 12.6. The van der Waals surface area contributed by atoms with E-state index in [2.05, 4.69) is 41.3 Å². The second-order valence-corrected chi connectivity index (χ2v) is 6.56. The van der Waals surface area contributed by atoms with Gasteiger partial charge in [0, 0.05) is 17.4 Å². The lowest BCUT2D eigenvalue weighted by molar-refractivity contribution is 0.628. The number of pyridine rings is 1. The van der Waals surface area contributed by atoms with Crippen molar-refractivity contribution >= 4 is 22.5 Å². The van der Waals surface area contributed by atoms with Crippen molar-refractivity contribution in [2.24, 2.45) is 0 Å². The number of hydrogen-bond acceptors (Lipinski definition) is 3. The summed E-state index contributed by atoms with van der Waals surface area (Å²) < 4.78 is 13.4. The molecule has 5 heteroatoms. The maximum absolute atomic E-state index is 13.4. The SMILES string of the molecule is CC(C)c1cccc(-c2nc3c(Nc4cccc(F)c4)nccc3[nH]2)c1. The van der Waals surface area contributed by atoms with Crippen LogP contribution >= 0.6 is 0 Å². The fraction of sp³-hybridized carbons (Fsp3) is 0.143. The average molecular weight is 346 g/mol. The molecule has 130 valence electrons. The Morgan fingerprint density at radius 1 is 1.04 bits per heavy atom. The molecular formula is C21H19FN4. The molecule has 2 heterocycles. The number of rotatable bonds is 4. The Kier molecular flexibility index (Phi) is 4.13. The molecule has 0 aliphatic heterocycles. The number of nitrogens with zero attached hydrogens (tertiary/aromatic N) is 2. The van der Waals surface area contributed by atoms with Crippen molar-refractivity contribution in [1.82, 2.24) is 15.0 Å². The minimum absolute atomic E-state index is 0.296. The van der Waals surface area contributed by atoms with Gasteiger partial charge in [0.05, 0.1) is 5.52 Å². The number of H-pyrrole nitrogens is 1. The van der Waals surface area contributed by atoms with E-state index in [1.54, 1.807) is 18.3 Å². The summed E-state index contributed by atoms with van der Waals surface area (Å²) in [6.07, 6.45) is 1.70. The van der Waals surface area contributed by atoms with Crippen molar-refractivity contribution in [3.63, 3.8) is 0 Å². The molecule has 0 saturated carbocycles. The Bertz CT molecular complexity index is 1070. The molecular weight excluding hydrogens is 327 g/mol. The van der Waals surface area contributed by atoms with Gasteiger partial charge >= 0.3 is 0 Å². The molecule has 0 saturated heterocycles. The molecule has 26 heavy (non-hydrogen) atoms. The number of imidazole rings is 1. The zero-order valence-electron chi connectivity index (χ0n) is 14.6. The van der Waals surface area contributed by atoms with Gasteiger partial charge in [-0.1, -0.05) is 38.1 Å². The van der Waals surface area contributed by atoms with Gasteiger partial charge in [0.2, 0.25) is 0 Å². The first-order valence-electron chi connectivity index (χ1n) is 8.58. The Morgan fingerprint density at radius 3 is 2.69 bits per heavy atom. The summed E-state index contributed by atoms with van der Waals surface area (Å²) in [6, 6.07) is 16.5. The van der Waals surface area contributed by atoms with E-state index in [-0.39, 0.29) is 5.82 Å². The van der Waals surface area contributed by atoms with E-state index in [4.69, 9.17) is 4.98 Å². The normalized spacial score (nSPS) is 11.2. The molecule has 4 rings (SSSR count). The summed E-state index contributed by atoms with van der Waals surface area (Å²) in [5.41, 5.74) is 4.53.